The SMILES string of the molecule is CCCC(CC)CCC(=O)CC. The Morgan fingerprint density at radius 1 is 1.17 bits per heavy atom. The van der Waals surface area contributed by atoms with Crippen molar-refractivity contribution in [3.05, 3.63) is 0 Å². The minimum absolute atomic E-state index is 0.421. The molecule has 0 aliphatic heterocycles. The summed E-state index contributed by atoms with van der Waals surface area (Å²) in [4.78, 5) is 11.0. The Morgan fingerprint density at radius 3 is 2.25 bits per heavy atom. The molecule has 0 saturated carbocycles. The van der Waals surface area contributed by atoms with Crippen molar-refractivity contribution in [2.45, 2.75) is 59.3 Å². The highest BCUT2D eigenvalue weighted by Crippen LogP contribution is 2.17. The van der Waals surface area contributed by atoms with Crippen LogP contribution in [0.15, 0.2) is 0 Å². The van der Waals surface area contributed by atoms with Crippen LogP contribution in [0.1, 0.15) is 59.3 Å². The monoisotopic (exact) mass is 170 g/mol. The van der Waals surface area contributed by atoms with Crippen molar-refractivity contribution < 1.29 is 4.79 Å². The van der Waals surface area contributed by atoms with Crippen molar-refractivity contribution in [2.24, 2.45) is 5.92 Å². The number of carbonyl (C=O) groups is 1. The van der Waals surface area contributed by atoms with Crippen molar-refractivity contribution in [1.82, 2.24) is 0 Å². The molecule has 12 heavy (non-hydrogen) atoms. The second-order valence-corrected chi connectivity index (χ2v) is 3.49. The number of Topliss-reactive ketones (excluding diaryl/α,β-unsaturated/α-hetero) is 1. The standard InChI is InChI=1S/C11H22O/c1-4-7-10(5-2)8-9-11(12)6-3/h10H,4-9H2,1-3H3. The zero-order valence-corrected chi connectivity index (χ0v) is 8.73. The highest BCUT2D eigenvalue weighted by molar-refractivity contribution is 5.77. The summed E-state index contributed by atoms with van der Waals surface area (Å²) in [6, 6.07) is 0. The molecule has 0 heterocycles. The summed E-state index contributed by atoms with van der Waals surface area (Å²) >= 11 is 0. The van der Waals surface area contributed by atoms with E-state index < -0.39 is 0 Å². The molecule has 0 saturated heterocycles. The summed E-state index contributed by atoms with van der Waals surface area (Å²) in [6.07, 6.45) is 6.38. The Labute approximate surface area is 76.6 Å². The van der Waals surface area contributed by atoms with Gasteiger partial charge in [-0.25, -0.2) is 0 Å². The molecule has 0 spiro atoms. The van der Waals surface area contributed by atoms with E-state index in [0.717, 1.165) is 18.8 Å². The number of hydrogen-bond donors (Lipinski definition) is 0. The Hall–Kier alpha value is -0.330. The third-order valence-electron chi connectivity index (χ3n) is 2.50. The lowest BCUT2D eigenvalue weighted by molar-refractivity contribution is -0.119. The third-order valence-corrected chi connectivity index (χ3v) is 2.50. The van der Waals surface area contributed by atoms with Gasteiger partial charge in [-0.2, -0.15) is 0 Å². The molecule has 0 fully saturated rings. The molecule has 1 unspecified atom stereocenters. The van der Waals surface area contributed by atoms with E-state index in [1.54, 1.807) is 0 Å². The lowest BCUT2D eigenvalue weighted by Crippen LogP contribution is -2.03. The molecule has 0 aliphatic rings. The van der Waals surface area contributed by atoms with Gasteiger partial charge in [-0.05, 0) is 12.3 Å². The highest BCUT2D eigenvalue weighted by atomic mass is 16.1. The molecule has 0 aromatic rings. The van der Waals surface area contributed by atoms with Crippen molar-refractivity contribution in [3.8, 4) is 0 Å². The highest BCUT2D eigenvalue weighted by Gasteiger charge is 2.06. The van der Waals surface area contributed by atoms with Crippen molar-refractivity contribution >= 4 is 5.78 Å². The molecule has 1 heteroatoms. The summed E-state index contributed by atoms with van der Waals surface area (Å²) in [6.45, 7) is 6.38. The summed E-state index contributed by atoms with van der Waals surface area (Å²) < 4.78 is 0. The van der Waals surface area contributed by atoms with Gasteiger partial charge in [0.15, 0.2) is 0 Å². The van der Waals surface area contributed by atoms with Crippen molar-refractivity contribution in [1.29, 1.82) is 0 Å². The van der Waals surface area contributed by atoms with Crippen LogP contribution in [-0.4, -0.2) is 5.78 Å². The van der Waals surface area contributed by atoms with Crippen LogP contribution < -0.4 is 0 Å². The van der Waals surface area contributed by atoms with Gasteiger partial charge < -0.3 is 0 Å². The van der Waals surface area contributed by atoms with Crippen LogP contribution in [0.25, 0.3) is 0 Å². The topological polar surface area (TPSA) is 17.1 Å². The molecule has 0 radical (unpaired) electrons. The number of ketones is 1. The summed E-state index contributed by atoms with van der Waals surface area (Å²) in [7, 11) is 0. The molecule has 1 atom stereocenters. The maximum absolute atomic E-state index is 11.0. The average Bonchev–Trinajstić information content (AvgIpc) is 2.11. The van der Waals surface area contributed by atoms with Gasteiger partial charge in [0.25, 0.3) is 0 Å². The summed E-state index contributed by atoms with van der Waals surface area (Å²) in [5.41, 5.74) is 0. The van der Waals surface area contributed by atoms with Gasteiger partial charge in [-0.1, -0.05) is 40.0 Å². The zero-order valence-electron chi connectivity index (χ0n) is 8.73. The van der Waals surface area contributed by atoms with Crippen LogP contribution in [-0.2, 0) is 4.79 Å². The first-order chi connectivity index (χ1) is 5.74. The fourth-order valence-electron chi connectivity index (χ4n) is 1.50. The van der Waals surface area contributed by atoms with E-state index in [0.29, 0.717) is 12.2 Å². The molecular weight excluding hydrogens is 148 g/mol. The zero-order chi connectivity index (χ0) is 9.40. The molecule has 0 N–H and O–H groups in total. The maximum Gasteiger partial charge on any atom is 0.132 e. The molecule has 0 aromatic carbocycles. The van der Waals surface area contributed by atoms with Crippen molar-refractivity contribution in [2.75, 3.05) is 0 Å². The van der Waals surface area contributed by atoms with Crippen LogP contribution in [0.2, 0.25) is 0 Å². The first kappa shape index (κ1) is 11.7. The quantitative estimate of drug-likeness (QED) is 0.571. The van der Waals surface area contributed by atoms with Crippen LogP contribution in [0.3, 0.4) is 0 Å². The van der Waals surface area contributed by atoms with Gasteiger partial charge >= 0.3 is 0 Å². The number of rotatable bonds is 7. The molecule has 0 aliphatic carbocycles. The molecule has 0 amide bonds. The van der Waals surface area contributed by atoms with E-state index in [9.17, 15) is 4.79 Å². The first-order valence-electron chi connectivity index (χ1n) is 5.26. The Kier molecular flexibility index (Phi) is 7.12. The van der Waals surface area contributed by atoms with E-state index in [1.165, 1.54) is 19.3 Å². The van der Waals surface area contributed by atoms with Gasteiger partial charge in [-0.3, -0.25) is 4.79 Å². The second-order valence-electron chi connectivity index (χ2n) is 3.49. The molecule has 0 rings (SSSR count). The molecule has 0 bridgehead atoms. The predicted octanol–water partition coefficient (Wildman–Crippen LogP) is 3.57. The third kappa shape index (κ3) is 5.34. The summed E-state index contributed by atoms with van der Waals surface area (Å²) in [5.74, 6) is 1.20. The van der Waals surface area contributed by atoms with E-state index in [1.807, 2.05) is 6.92 Å². The van der Waals surface area contributed by atoms with Crippen molar-refractivity contribution in [3.63, 3.8) is 0 Å². The first-order valence-corrected chi connectivity index (χ1v) is 5.26. The van der Waals surface area contributed by atoms with E-state index in [2.05, 4.69) is 13.8 Å². The molecule has 0 aromatic heterocycles. The van der Waals surface area contributed by atoms with Gasteiger partial charge in [-0.15, -0.1) is 0 Å². The fraction of sp³-hybridized carbons (Fsp3) is 0.909. The average molecular weight is 170 g/mol. The minimum Gasteiger partial charge on any atom is -0.300 e. The van der Waals surface area contributed by atoms with E-state index in [4.69, 9.17) is 0 Å². The lowest BCUT2D eigenvalue weighted by atomic mass is 9.94. The normalized spacial score (nSPS) is 12.9. The molecule has 1 nitrogen and oxygen atoms in total. The van der Waals surface area contributed by atoms with Gasteiger partial charge in [0.05, 0.1) is 0 Å². The number of hydrogen-bond acceptors (Lipinski definition) is 1. The Bertz CT molecular complexity index is 118. The maximum atomic E-state index is 11.0. The largest absolute Gasteiger partial charge is 0.300 e. The Balaban J connectivity index is 3.50. The number of carbonyl (C=O) groups excluding carboxylic acids is 1. The van der Waals surface area contributed by atoms with Crippen LogP contribution in [0.5, 0.6) is 0 Å². The van der Waals surface area contributed by atoms with E-state index in [-0.39, 0.29) is 0 Å². The van der Waals surface area contributed by atoms with Crippen LogP contribution in [0.4, 0.5) is 0 Å². The van der Waals surface area contributed by atoms with Crippen LogP contribution >= 0.6 is 0 Å². The Morgan fingerprint density at radius 2 is 1.83 bits per heavy atom. The fourth-order valence-corrected chi connectivity index (χ4v) is 1.50. The van der Waals surface area contributed by atoms with E-state index >= 15 is 0 Å². The van der Waals surface area contributed by atoms with Gasteiger partial charge in [0.2, 0.25) is 0 Å². The predicted molar refractivity (Wildman–Crippen MR) is 53.2 cm³/mol. The van der Waals surface area contributed by atoms with Gasteiger partial charge in [0.1, 0.15) is 5.78 Å². The van der Waals surface area contributed by atoms with Gasteiger partial charge in [0, 0.05) is 12.8 Å². The molecular formula is C11H22O. The minimum atomic E-state index is 0.421. The van der Waals surface area contributed by atoms with Crippen LogP contribution in [0, 0.1) is 5.92 Å². The second kappa shape index (κ2) is 7.33. The molecule has 72 valence electrons. The lowest BCUT2D eigenvalue weighted by Gasteiger charge is -2.11. The smallest absolute Gasteiger partial charge is 0.132 e. The summed E-state index contributed by atoms with van der Waals surface area (Å²) in [5, 5.41) is 0.